The molecule has 2 N–H and O–H groups in total. The third kappa shape index (κ3) is 1.63. The van der Waals surface area contributed by atoms with E-state index in [4.69, 9.17) is 4.74 Å². The molecule has 0 spiro atoms. The average molecular weight is 264 g/mol. The summed E-state index contributed by atoms with van der Waals surface area (Å²) >= 11 is 0. The highest BCUT2D eigenvalue weighted by Crippen LogP contribution is 2.54. The number of carbonyl (C=O) groups excluding carboxylic acids is 1. The first kappa shape index (κ1) is 12.9. The number of carbonyl (C=O) groups is 1. The molecular weight excluding hydrogens is 244 g/mol. The number of hydrogen-bond acceptors (Lipinski definition) is 4. The highest BCUT2D eigenvalue weighted by molar-refractivity contribution is 5.91. The maximum atomic E-state index is 11.6. The van der Waals surface area contributed by atoms with Gasteiger partial charge in [0.1, 0.15) is 6.10 Å². The Morgan fingerprint density at radius 2 is 2.05 bits per heavy atom. The van der Waals surface area contributed by atoms with Crippen molar-refractivity contribution in [1.29, 1.82) is 0 Å². The van der Waals surface area contributed by atoms with E-state index in [0.29, 0.717) is 24.8 Å². The number of aliphatic hydroxyl groups is 2. The number of fused-ring (bicyclic) bond motifs is 2. The molecule has 0 bridgehead atoms. The van der Waals surface area contributed by atoms with Crippen molar-refractivity contribution in [3.05, 3.63) is 23.3 Å². The summed E-state index contributed by atoms with van der Waals surface area (Å²) in [5.41, 5.74) is 2.36. The van der Waals surface area contributed by atoms with Crippen LogP contribution in [0, 0.1) is 11.3 Å². The van der Waals surface area contributed by atoms with Gasteiger partial charge >= 0.3 is 5.97 Å². The van der Waals surface area contributed by atoms with Gasteiger partial charge in [-0.25, -0.2) is 4.79 Å². The molecular formula is C15H20O4. The lowest BCUT2D eigenvalue weighted by molar-refractivity contribution is -0.143. The largest absolute Gasteiger partial charge is 0.458 e. The lowest BCUT2D eigenvalue weighted by atomic mass is 9.58. The van der Waals surface area contributed by atoms with Crippen molar-refractivity contribution in [3.63, 3.8) is 0 Å². The van der Waals surface area contributed by atoms with Gasteiger partial charge in [0.05, 0.1) is 12.2 Å². The molecule has 1 saturated heterocycles. The first-order valence-electron chi connectivity index (χ1n) is 6.79. The third-order valence-corrected chi connectivity index (χ3v) is 5.20. The molecule has 2 aliphatic carbocycles. The summed E-state index contributed by atoms with van der Waals surface area (Å²) in [6.07, 6.45) is 0.0474. The molecule has 104 valence electrons. The van der Waals surface area contributed by atoms with Gasteiger partial charge in [0.2, 0.25) is 0 Å². The maximum Gasteiger partial charge on any atom is 0.334 e. The molecule has 0 amide bonds. The van der Waals surface area contributed by atoms with E-state index in [0.717, 1.165) is 5.57 Å². The van der Waals surface area contributed by atoms with Gasteiger partial charge < -0.3 is 14.9 Å². The minimum atomic E-state index is -0.792. The van der Waals surface area contributed by atoms with Crippen LogP contribution in [-0.2, 0) is 9.53 Å². The molecule has 5 atom stereocenters. The minimum absolute atomic E-state index is 0.0352. The van der Waals surface area contributed by atoms with Crippen molar-refractivity contribution < 1.29 is 19.7 Å². The van der Waals surface area contributed by atoms with Gasteiger partial charge in [-0.2, -0.15) is 0 Å². The molecule has 0 aromatic rings. The zero-order chi connectivity index (χ0) is 13.9. The topological polar surface area (TPSA) is 66.8 Å². The van der Waals surface area contributed by atoms with Gasteiger partial charge in [-0.05, 0) is 26.2 Å². The van der Waals surface area contributed by atoms with Crippen molar-refractivity contribution in [2.75, 3.05) is 0 Å². The van der Waals surface area contributed by atoms with Crippen LogP contribution in [0.2, 0.25) is 0 Å². The summed E-state index contributed by atoms with van der Waals surface area (Å²) in [4.78, 5) is 11.6. The second kappa shape index (κ2) is 3.93. The van der Waals surface area contributed by atoms with Gasteiger partial charge in [0.15, 0.2) is 0 Å². The predicted molar refractivity (Wildman–Crippen MR) is 69.2 cm³/mol. The van der Waals surface area contributed by atoms with E-state index < -0.39 is 17.6 Å². The second-order valence-electron chi connectivity index (χ2n) is 6.38. The van der Waals surface area contributed by atoms with E-state index in [-0.39, 0.29) is 18.0 Å². The maximum absolute atomic E-state index is 11.6. The van der Waals surface area contributed by atoms with Crippen molar-refractivity contribution in [2.45, 2.75) is 51.4 Å². The van der Waals surface area contributed by atoms with Crippen LogP contribution in [-0.4, -0.2) is 34.5 Å². The van der Waals surface area contributed by atoms with E-state index >= 15 is 0 Å². The van der Waals surface area contributed by atoms with Crippen LogP contribution in [0.5, 0.6) is 0 Å². The number of rotatable bonds is 0. The lowest BCUT2D eigenvalue weighted by Crippen LogP contribution is -2.51. The van der Waals surface area contributed by atoms with E-state index in [1.165, 1.54) is 5.57 Å². The molecule has 4 nitrogen and oxygen atoms in total. The van der Waals surface area contributed by atoms with Crippen LogP contribution < -0.4 is 0 Å². The van der Waals surface area contributed by atoms with Crippen LogP contribution in [0.4, 0.5) is 0 Å². The van der Waals surface area contributed by atoms with Crippen LogP contribution in [0.3, 0.4) is 0 Å². The Kier molecular flexibility index (Phi) is 2.67. The highest BCUT2D eigenvalue weighted by atomic mass is 16.6. The van der Waals surface area contributed by atoms with E-state index in [1.54, 1.807) is 0 Å². The quantitative estimate of drug-likeness (QED) is 0.393. The molecule has 3 aliphatic rings. The van der Waals surface area contributed by atoms with Crippen LogP contribution in [0.25, 0.3) is 0 Å². The normalized spacial score (nSPS) is 45.9. The zero-order valence-corrected chi connectivity index (χ0v) is 11.3. The van der Waals surface area contributed by atoms with Crippen molar-refractivity contribution in [2.24, 2.45) is 11.3 Å². The van der Waals surface area contributed by atoms with Crippen molar-refractivity contribution >= 4 is 5.97 Å². The van der Waals surface area contributed by atoms with E-state index in [2.05, 4.69) is 6.58 Å². The molecule has 2 fully saturated rings. The summed E-state index contributed by atoms with van der Waals surface area (Å²) in [5.74, 6) is -0.279. The lowest BCUT2D eigenvalue weighted by Gasteiger charge is -2.49. The molecule has 0 aromatic carbocycles. The SMILES string of the molecule is C=C1C(=O)O[C@@H]2C[C@]3(C)C(=C(C)C[C@@H](O)[C@H]3O)C[C@H]12. The smallest absolute Gasteiger partial charge is 0.334 e. The van der Waals surface area contributed by atoms with Crippen LogP contribution in [0.1, 0.15) is 33.1 Å². The molecule has 0 radical (unpaired) electrons. The summed E-state index contributed by atoms with van der Waals surface area (Å²) in [6, 6.07) is 0. The summed E-state index contributed by atoms with van der Waals surface area (Å²) in [7, 11) is 0. The summed E-state index contributed by atoms with van der Waals surface area (Å²) < 4.78 is 5.36. The Bertz CT molecular complexity index is 492. The number of esters is 1. The molecule has 1 aliphatic heterocycles. The van der Waals surface area contributed by atoms with Crippen molar-refractivity contribution in [1.82, 2.24) is 0 Å². The standard InChI is InChI=1S/C15H20O4/c1-7-4-11(16)13(17)15(3)6-12-9(5-10(7)15)8(2)14(18)19-12/h9,11-13,16-17H,2,4-6H2,1,3H3/t9-,11-,12-,13-,15-/m1/s1. The molecule has 0 aromatic heterocycles. The minimum Gasteiger partial charge on any atom is -0.458 e. The van der Waals surface area contributed by atoms with Crippen LogP contribution >= 0.6 is 0 Å². The third-order valence-electron chi connectivity index (χ3n) is 5.20. The Morgan fingerprint density at radius 1 is 1.37 bits per heavy atom. The first-order valence-corrected chi connectivity index (χ1v) is 6.79. The number of ether oxygens (including phenoxy) is 1. The molecule has 3 rings (SSSR count). The summed E-state index contributed by atoms with van der Waals surface area (Å²) in [5, 5.41) is 20.3. The molecule has 1 heterocycles. The molecule has 4 heteroatoms. The zero-order valence-electron chi connectivity index (χ0n) is 11.3. The number of aliphatic hydroxyl groups excluding tert-OH is 2. The fourth-order valence-electron chi connectivity index (χ4n) is 4.04. The van der Waals surface area contributed by atoms with Crippen LogP contribution in [0.15, 0.2) is 23.3 Å². The van der Waals surface area contributed by atoms with Gasteiger partial charge in [0, 0.05) is 16.9 Å². The van der Waals surface area contributed by atoms with E-state index in [1.807, 2.05) is 13.8 Å². The Hall–Kier alpha value is -1.13. The van der Waals surface area contributed by atoms with Gasteiger partial charge in [-0.15, -0.1) is 0 Å². The van der Waals surface area contributed by atoms with Gasteiger partial charge in [-0.1, -0.05) is 24.6 Å². The average Bonchev–Trinajstić information content (AvgIpc) is 2.60. The molecule has 1 saturated carbocycles. The molecule has 19 heavy (non-hydrogen) atoms. The first-order chi connectivity index (χ1) is 8.84. The fraction of sp³-hybridized carbons (Fsp3) is 0.667. The Balaban J connectivity index is 2.02. The van der Waals surface area contributed by atoms with Crippen molar-refractivity contribution in [3.8, 4) is 0 Å². The second-order valence-corrected chi connectivity index (χ2v) is 6.38. The van der Waals surface area contributed by atoms with Gasteiger partial charge in [-0.3, -0.25) is 0 Å². The monoisotopic (exact) mass is 264 g/mol. The molecule has 0 unspecified atom stereocenters. The fourth-order valence-corrected chi connectivity index (χ4v) is 4.04. The predicted octanol–water partition coefficient (Wildman–Crippen LogP) is 1.33. The highest BCUT2D eigenvalue weighted by Gasteiger charge is 2.54. The Labute approximate surface area is 112 Å². The van der Waals surface area contributed by atoms with Gasteiger partial charge in [0.25, 0.3) is 0 Å². The number of hydrogen-bond donors (Lipinski definition) is 2. The summed E-state index contributed by atoms with van der Waals surface area (Å²) in [6.45, 7) is 7.80. The Morgan fingerprint density at radius 3 is 2.74 bits per heavy atom. The van der Waals surface area contributed by atoms with E-state index in [9.17, 15) is 15.0 Å².